The van der Waals surface area contributed by atoms with Gasteiger partial charge in [0.1, 0.15) is 11.9 Å². The van der Waals surface area contributed by atoms with Gasteiger partial charge in [-0.3, -0.25) is 0 Å². The van der Waals surface area contributed by atoms with Crippen molar-refractivity contribution in [2.75, 3.05) is 0 Å². The SMILES string of the molecule is N#CC(F)=CC=C[C@H]1CC[C@H](c2ccc(F)cc2)CC1. The third kappa shape index (κ3) is 4.03. The van der Waals surface area contributed by atoms with Crippen molar-refractivity contribution in [3.05, 3.63) is 59.7 Å². The fourth-order valence-electron chi connectivity index (χ4n) is 2.71. The number of nitrogens with zero attached hydrogens (tertiary/aromatic N) is 1. The van der Waals surface area contributed by atoms with Crippen LogP contribution in [0.1, 0.15) is 37.2 Å². The summed E-state index contributed by atoms with van der Waals surface area (Å²) in [6, 6.07) is 8.19. The highest BCUT2D eigenvalue weighted by atomic mass is 19.1. The lowest BCUT2D eigenvalue weighted by Crippen LogP contribution is -2.11. The van der Waals surface area contributed by atoms with E-state index in [0.29, 0.717) is 11.8 Å². The first-order valence-electron chi connectivity index (χ1n) is 6.88. The smallest absolute Gasteiger partial charge is 0.199 e. The average molecular weight is 273 g/mol. The van der Waals surface area contributed by atoms with E-state index in [0.717, 1.165) is 25.7 Å². The highest BCUT2D eigenvalue weighted by Crippen LogP contribution is 2.36. The van der Waals surface area contributed by atoms with E-state index in [2.05, 4.69) is 0 Å². The van der Waals surface area contributed by atoms with Gasteiger partial charge in [-0.15, -0.1) is 0 Å². The Hall–Kier alpha value is -1.95. The van der Waals surface area contributed by atoms with Crippen LogP contribution in [0.4, 0.5) is 8.78 Å². The zero-order valence-corrected chi connectivity index (χ0v) is 11.2. The van der Waals surface area contributed by atoms with Crippen molar-refractivity contribution in [1.82, 2.24) is 0 Å². The van der Waals surface area contributed by atoms with E-state index in [1.165, 1.54) is 29.8 Å². The molecule has 0 heterocycles. The molecule has 0 amide bonds. The molecule has 0 saturated heterocycles. The van der Waals surface area contributed by atoms with Crippen molar-refractivity contribution >= 4 is 0 Å². The molecular formula is C17H17F2N. The number of hydrogen-bond acceptors (Lipinski definition) is 1. The molecule has 1 aromatic rings. The Morgan fingerprint density at radius 3 is 2.40 bits per heavy atom. The lowest BCUT2D eigenvalue weighted by atomic mass is 9.78. The maximum atomic E-state index is 12.9. The molecule has 0 aromatic heterocycles. The van der Waals surface area contributed by atoms with Gasteiger partial charge in [0.15, 0.2) is 5.83 Å². The fraction of sp³-hybridized carbons (Fsp3) is 0.353. The van der Waals surface area contributed by atoms with Gasteiger partial charge in [-0.1, -0.05) is 24.3 Å². The highest BCUT2D eigenvalue weighted by Gasteiger charge is 2.20. The van der Waals surface area contributed by atoms with Gasteiger partial charge in [-0.25, -0.2) is 4.39 Å². The van der Waals surface area contributed by atoms with Gasteiger partial charge in [-0.05, 0) is 61.3 Å². The first-order chi connectivity index (χ1) is 9.69. The van der Waals surface area contributed by atoms with Crippen LogP contribution in [0.2, 0.25) is 0 Å². The molecule has 1 aromatic carbocycles. The molecule has 0 aliphatic heterocycles. The summed E-state index contributed by atoms with van der Waals surface area (Å²) in [5.74, 6) is -0.0287. The Morgan fingerprint density at radius 1 is 1.15 bits per heavy atom. The first kappa shape index (κ1) is 14.5. The van der Waals surface area contributed by atoms with Crippen LogP contribution in [0.5, 0.6) is 0 Å². The van der Waals surface area contributed by atoms with Crippen LogP contribution in [-0.2, 0) is 0 Å². The second-order valence-corrected chi connectivity index (χ2v) is 5.17. The summed E-state index contributed by atoms with van der Waals surface area (Å²) in [6.07, 6.45) is 9.00. The Balaban J connectivity index is 1.86. The third-order valence-electron chi connectivity index (χ3n) is 3.85. The van der Waals surface area contributed by atoms with Crippen molar-refractivity contribution in [1.29, 1.82) is 5.26 Å². The van der Waals surface area contributed by atoms with Crippen molar-refractivity contribution in [2.45, 2.75) is 31.6 Å². The number of halogens is 2. The first-order valence-corrected chi connectivity index (χ1v) is 6.88. The molecule has 104 valence electrons. The van der Waals surface area contributed by atoms with Crippen molar-refractivity contribution in [3.8, 4) is 6.07 Å². The molecule has 1 nitrogen and oxygen atoms in total. The number of nitriles is 1. The molecular weight excluding hydrogens is 256 g/mol. The number of hydrogen-bond donors (Lipinski definition) is 0. The van der Waals surface area contributed by atoms with Crippen molar-refractivity contribution < 1.29 is 8.78 Å². The molecule has 3 heteroatoms. The van der Waals surface area contributed by atoms with Crippen molar-refractivity contribution in [2.24, 2.45) is 5.92 Å². The molecule has 1 saturated carbocycles. The molecule has 2 rings (SSSR count). The van der Waals surface area contributed by atoms with E-state index >= 15 is 0 Å². The Bertz CT molecular complexity index is 529. The van der Waals surface area contributed by atoms with Crippen LogP contribution in [0, 0.1) is 23.1 Å². The van der Waals surface area contributed by atoms with Crippen LogP contribution in [0.15, 0.2) is 48.3 Å². The van der Waals surface area contributed by atoms with Gasteiger partial charge in [0.05, 0.1) is 0 Å². The summed E-state index contributed by atoms with van der Waals surface area (Å²) in [7, 11) is 0. The monoisotopic (exact) mass is 273 g/mol. The topological polar surface area (TPSA) is 23.8 Å². The molecule has 0 N–H and O–H groups in total. The van der Waals surface area contributed by atoms with E-state index in [1.807, 2.05) is 18.2 Å². The predicted molar refractivity (Wildman–Crippen MR) is 75.0 cm³/mol. The molecule has 1 fully saturated rings. The van der Waals surface area contributed by atoms with Crippen LogP contribution in [0.3, 0.4) is 0 Å². The number of rotatable bonds is 3. The summed E-state index contributed by atoms with van der Waals surface area (Å²) in [4.78, 5) is 0. The lowest BCUT2D eigenvalue weighted by Gasteiger charge is -2.27. The second-order valence-electron chi connectivity index (χ2n) is 5.17. The van der Waals surface area contributed by atoms with Gasteiger partial charge >= 0.3 is 0 Å². The van der Waals surface area contributed by atoms with E-state index in [1.54, 1.807) is 6.08 Å². The zero-order chi connectivity index (χ0) is 14.4. The minimum atomic E-state index is -0.763. The van der Waals surface area contributed by atoms with Crippen molar-refractivity contribution in [3.63, 3.8) is 0 Å². The molecule has 1 aliphatic carbocycles. The quantitative estimate of drug-likeness (QED) is 0.559. The minimum Gasteiger partial charge on any atom is -0.207 e. The van der Waals surface area contributed by atoms with E-state index in [9.17, 15) is 8.78 Å². The van der Waals surface area contributed by atoms with E-state index < -0.39 is 5.83 Å². The maximum absolute atomic E-state index is 12.9. The standard InChI is InChI=1S/C17H17F2N/c18-16-10-8-15(9-11-16)14-6-4-13(5-7-14)2-1-3-17(19)12-20/h1-3,8-11,13-14H,4-7H2/t13-,14-. The molecule has 0 unspecified atom stereocenters. The van der Waals surface area contributed by atoms with Gasteiger partial charge in [0.25, 0.3) is 0 Å². The fourth-order valence-corrected chi connectivity index (χ4v) is 2.71. The molecule has 1 aliphatic rings. The van der Waals surface area contributed by atoms with Gasteiger partial charge < -0.3 is 0 Å². The Labute approximate surface area is 118 Å². The second kappa shape index (κ2) is 7.00. The zero-order valence-electron chi connectivity index (χ0n) is 11.2. The molecule has 0 atom stereocenters. The summed E-state index contributed by atoms with van der Waals surface area (Å²) in [6.45, 7) is 0. The number of allylic oxidation sites excluding steroid dienone is 4. The van der Waals surface area contributed by atoms with E-state index in [4.69, 9.17) is 5.26 Å². The highest BCUT2D eigenvalue weighted by molar-refractivity contribution is 5.22. The predicted octanol–water partition coefficient (Wildman–Crippen LogP) is 5.03. The lowest BCUT2D eigenvalue weighted by molar-refractivity contribution is 0.375. The van der Waals surface area contributed by atoms with Crippen LogP contribution >= 0.6 is 0 Å². The summed E-state index contributed by atoms with van der Waals surface area (Å²) < 4.78 is 25.5. The molecule has 0 bridgehead atoms. The van der Waals surface area contributed by atoms with E-state index in [-0.39, 0.29) is 5.82 Å². The summed E-state index contributed by atoms with van der Waals surface area (Å²) in [5, 5.41) is 8.30. The Morgan fingerprint density at radius 2 is 1.80 bits per heavy atom. The molecule has 20 heavy (non-hydrogen) atoms. The van der Waals surface area contributed by atoms with Gasteiger partial charge in [-0.2, -0.15) is 9.65 Å². The van der Waals surface area contributed by atoms with Gasteiger partial charge in [0, 0.05) is 0 Å². The van der Waals surface area contributed by atoms with Gasteiger partial charge in [0.2, 0.25) is 0 Å². The summed E-state index contributed by atoms with van der Waals surface area (Å²) in [5.41, 5.74) is 1.20. The Kier molecular flexibility index (Phi) is 5.06. The summed E-state index contributed by atoms with van der Waals surface area (Å²) >= 11 is 0. The maximum Gasteiger partial charge on any atom is 0.199 e. The van der Waals surface area contributed by atoms with Crippen LogP contribution in [-0.4, -0.2) is 0 Å². The average Bonchev–Trinajstić information content (AvgIpc) is 2.48. The minimum absolute atomic E-state index is 0.198. The normalized spacial score (nSPS) is 23.8. The molecule has 0 radical (unpaired) electrons. The number of benzene rings is 1. The third-order valence-corrected chi connectivity index (χ3v) is 3.85. The molecule has 0 spiro atoms. The van der Waals surface area contributed by atoms with Crippen LogP contribution in [0.25, 0.3) is 0 Å². The largest absolute Gasteiger partial charge is 0.207 e. The van der Waals surface area contributed by atoms with Crippen LogP contribution < -0.4 is 0 Å².